The number of amides is 1. The number of ketones is 1. The van der Waals surface area contributed by atoms with Crippen molar-refractivity contribution in [2.75, 3.05) is 33.0 Å². The first-order valence-corrected chi connectivity index (χ1v) is 14.9. The van der Waals surface area contributed by atoms with Crippen molar-refractivity contribution in [3.63, 3.8) is 0 Å². The number of ether oxygens (including phenoxy) is 6. The van der Waals surface area contributed by atoms with Crippen molar-refractivity contribution in [1.29, 1.82) is 0 Å². The number of allylic oxidation sites excluding steroid dienone is 2. The second kappa shape index (κ2) is 11.1. The van der Waals surface area contributed by atoms with E-state index in [2.05, 4.69) is 0 Å². The molecule has 43 heavy (non-hydrogen) atoms. The second-order valence-corrected chi connectivity index (χ2v) is 12.0. The Labute approximate surface area is 248 Å². The van der Waals surface area contributed by atoms with E-state index in [0.29, 0.717) is 37.9 Å². The molecule has 2 aliphatic heterocycles. The fourth-order valence-corrected chi connectivity index (χ4v) is 6.30. The van der Waals surface area contributed by atoms with Crippen LogP contribution in [0.4, 0.5) is 14.4 Å². The molecule has 0 bridgehead atoms. The quantitative estimate of drug-likeness (QED) is 0.172. The van der Waals surface area contributed by atoms with Crippen LogP contribution in [0.25, 0.3) is 0 Å². The van der Waals surface area contributed by atoms with Crippen LogP contribution in [0.2, 0.25) is 0 Å². The van der Waals surface area contributed by atoms with Crippen molar-refractivity contribution in [2.45, 2.75) is 62.5 Å². The molecule has 1 aromatic rings. The average molecular weight is 592 g/mol. The molecule has 0 unspecified atom stereocenters. The van der Waals surface area contributed by atoms with Gasteiger partial charge in [0.05, 0.1) is 6.04 Å². The predicted molar refractivity (Wildman–Crippen MR) is 149 cm³/mol. The van der Waals surface area contributed by atoms with E-state index in [0.717, 1.165) is 35.1 Å². The first-order chi connectivity index (χ1) is 20.9. The molecule has 226 valence electrons. The number of Topliss-reactive ketones (excluding diaryl/α,β-unsaturated/α-hetero) is 1. The molecule has 0 N–H and O–H groups in total. The zero-order valence-corrected chi connectivity index (χ0v) is 23.7. The lowest BCUT2D eigenvalue weighted by molar-refractivity contribution is -0.130. The Bertz CT molecular complexity index is 1450. The van der Waals surface area contributed by atoms with Gasteiger partial charge in [-0.1, -0.05) is 30.4 Å². The number of carbonyl (C=O) groups excluding carboxylic acids is 4. The van der Waals surface area contributed by atoms with E-state index in [4.69, 9.17) is 28.4 Å². The molecule has 3 atom stereocenters. The predicted octanol–water partition coefficient (Wildman–Crippen LogP) is 4.71. The summed E-state index contributed by atoms with van der Waals surface area (Å²) in [4.78, 5) is 53.2. The van der Waals surface area contributed by atoms with Crippen molar-refractivity contribution >= 4 is 24.2 Å². The Morgan fingerprint density at radius 2 is 1.67 bits per heavy atom. The molecule has 4 aliphatic carbocycles. The lowest BCUT2D eigenvalue weighted by Gasteiger charge is -2.42. The molecule has 11 heteroatoms. The van der Waals surface area contributed by atoms with E-state index in [9.17, 15) is 19.2 Å². The van der Waals surface area contributed by atoms with Gasteiger partial charge >= 0.3 is 18.4 Å². The van der Waals surface area contributed by atoms with Gasteiger partial charge in [-0.2, -0.15) is 0 Å². The van der Waals surface area contributed by atoms with Gasteiger partial charge in [0, 0.05) is 29.9 Å². The zero-order chi connectivity index (χ0) is 29.6. The van der Waals surface area contributed by atoms with Gasteiger partial charge in [-0.3, -0.25) is 4.79 Å². The Morgan fingerprint density at radius 3 is 2.42 bits per heavy atom. The Balaban J connectivity index is 1.18. The minimum Gasteiger partial charge on any atom is -0.477 e. The highest BCUT2D eigenvalue weighted by atomic mass is 16.7. The molecular formula is C32H33NO10. The van der Waals surface area contributed by atoms with Crippen LogP contribution in [0.5, 0.6) is 11.5 Å². The number of carbonyl (C=O) groups is 4. The molecule has 1 fully saturated rings. The highest BCUT2D eigenvalue weighted by Crippen LogP contribution is 2.56. The Kier molecular flexibility index (Phi) is 7.10. The van der Waals surface area contributed by atoms with Gasteiger partial charge in [-0.15, -0.1) is 0 Å². The summed E-state index contributed by atoms with van der Waals surface area (Å²) in [5, 5.41) is 0. The van der Waals surface area contributed by atoms with Crippen LogP contribution in [-0.4, -0.2) is 74.2 Å². The van der Waals surface area contributed by atoms with Crippen LogP contribution in [0.1, 0.15) is 49.7 Å². The molecule has 7 rings (SSSR count). The third-order valence-corrected chi connectivity index (χ3v) is 8.90. The van der Waals surface area contributed by atoms with Gasteiger partial charge in [0.2, 0.25) is 0 Å². The van der Waals surface area contributed by atoms with Crippen LogP contribution >= 0.6 is 0 Å². The van der Waals surface area contributed by atoms with Crippen LogP contribution in [-0.2, 0) is 35.6 Å². The van der Waals surface area contributed by atoms with E-state index in [-0.39, 0.29) is 50.4 Å². The fourth-order valence-electron chi connectivity index (χ4n) is 6.30. The summed E-state index contributed by atoms with van der Waals surface area (Å²) in [6, 6.07) is 2.88. The molecular weight excluding hydrogens is 558 g/mol. The normalized spacial score (nSPS) is 26.0. The van der Waals surface area contributed by atoms with Crippen molar-refractivity contribution in [3.05, 3.63) is 58.7 Å². The first kappa shape index (κ1) is 27.5. The van der Waals surface area contributed by atoms with Gasteiger partial charge in [-0.05, 0) is 61.3 Å². The zero-order valence-electron chi connectivity index (χ0n) is 23.7. The lowest BCUT2D eigenvalue weighted by Crippen LogP contribution is -2.53. The molecule has 2 heterocycles. The third kappa shape index (κ3) is 5.85. The van der Waals surface area contributed by atoms with E-state index in [1.165, 1.54) is 0 Å². The van der Waals surface area contributed by atoms with E-state index >= 15 is 0 Å². The number of hydrogen-bond donors (Lipinski definition) is 0. The highest BCUT2D eigenvalue weighted by Gasteiger charge is 2.57. The molecule has 1 amide bonds. The van der Waals surface area contributed by atoms with Crippen molar-refractivity contribution in [3.8, 4) is 11.5 Å². The SMILES string of the molecule is O=C(OCC1=CC1)OC[C@H]1Cc2ccc(OC(=O)OCC3C=C3)c3c2[C@@]2(CCCC(=O)[C@@H]2O3)CCN1C(=O)OCC1=CC1. The molecule has 1 saturated carbocycles. The summed E-state index contributed by atoms with van der Waals surface area (Å²) in [6.45, 7) is 0.746. The molecule has 0 radical (unpaired) electrons. The summed E-state index contributed by atoms with van der Waals surface area (Å²) in [6.07, 6.45) is 8.99. The number of hydrogen-bond acceptors (Lipinski definition) is 10. The van der Waals surface area contributed by atoms with Crippen LogP contribution in [0, 0.1) is 5.92 Å². The van der Waals surface area contributed by atoms with Gasteiger partial charge in [0.25, 0.3) is 0 Å². The topological polar surface area (TPSA) is 127 Å². The first-order valence-electron chi connectivity index (χ1n) is 14.9. The minimum absolute atomic E-state index is 0.0227. The molecule has 1 spiro atoms. The maximum Gasteiger partial charge on any atom is 0.514 e. The van der Waals surface area contributed by atoms with Gasteiger partial charge in [0.15, 0.2) is 23.4 Å². The van der Waals surface area contributed by atoms with Crippen molar-refractivity contribution < 1.29 is 47.6 Å². The smallest absolute Gasteiger partial charge is 0.477 e. The van der Waals surface area contributed by atoms with E-state index in [1.54, 1.807) is 11.0 Å². The van der Waals surface area contributed by atoms with Gasteiger partial charge < -0.3 is 33.3 Å². The van der Waals surface area contributed by atoms with Gasteiger partial charge in [-0.25, -0.2) is 14.4 Å². The highest BCUT2D eigenvalue weighted by molar-refractivity contribution is 5.88. The number of nitrogens with zero attached hydrogens (tertiary/aromatic N) is 1. The maximum atomic E-state index is 13.4. The van der Waals surface area contributed by atoms with Crippen LogP contribution in [0.15, 0.2) is 47.6 Å². The summed E-state index contributed by atoms with van der Waals surface area (Å²) < 4.78 is 33.5. The molecule has 6 aliphatic rings. The van der Waals surface area contributed by atoms with Crippen LogP contribution in [0.3, 0.4) is 0 Å². The lowest BCUT2D eigenvalue weighted by atomic mass is 9.64. The minimum atomic E-state index is -0.846. The third-order valence-electron chi connectivity index (χ3n) is 8.90. The maximum absolute atomic E-state index is 13.4. The van der Waals surface area contributed by atoms with E-state index < -0.39 is 36.0 Å². The summed E-state index contributed by atoms with van der Waals surface area (Å²) >= 11 is 0. The van der Waals surface area contributed by atoms with Crippen LogP contribution < -0.4 is 9.47 Å². The largest absolute Gasteiger partial charge is 0.514 e. The molecule has 11 nitrogen and oxygen atoms in total. The Morgan fingerprint density at radius 1 is 0.930 bits per heavy atom. The number of benzene rings is 1. The average Bonchev–Trinajstić information content (AvgIpc) is 3.84. The second-order valence-electron chi connectivity index (χ2n) is 12.0. The fraction of sp³-hybridized carbons (Fsp3) is 0.500. The van der Waals surface area contributed by atoms with E-state index in [1.807, 2.05) is 30.4 Å². The van der Waals surface area contributed by atoms with Gasteiger partial charge in [0.1, 0.15) is 26.4 Å². The molecule has 1 aromatic carbocycles. The standard InChI is InChI=1S/C32H33NO10/c34-24-2-1-11-32-12-13-33(29(35)38-15-19-3-4-19)23(18-41-30(36)39-16-20-5-6-20)14-22-9-10-25(27(26(22)32)43-28(24)32)42-31(37)40-17-21-7-8-21/h3,5,7-10,21,23,28H,1-2,4,6,11-18H2/t23-,28+,32-/m1/s1. The van der Waals surface area contributed by atoms with Crippen molar-refractivity contribution in [1.82, 2.24) is 4.90 Å². The number of rotatable bonds is 9. The van der Waals surface area contributed by atoms with Crippen molar-refractivity contribution in [2.24, 2.45) is 5.92 Å². The monoisotopic (exact) mass is 591 g/mol. The Hall–Kier alpha value is -4.28. The summed E-state index contributed by atoms with van der Waals surface area (Å²) in [7, 11) is 0. The summed E-state index contributed by atoms with van der Waals surface area (Å²) in [5.74, 6) is 0.656. The molecule has 0 aromatic heterocycles. The molecule has 0 saturated heterocycles. The summed E-state index contributed by atoms with van der Waals surface area (Å²) in [5.41, 5.74) is 3.02.